The van der Waals surface area contributed by atoms with Gasteiger partial charge in [-0.2, -0.15) is 10.2 Å². The lowest BCUT2D eigenvalue weighted by atomic mass is 10.1. The first-order chi connectivity index (χ1) is 11.7. The largest absolute Gasteiger partial charge is 0.338 e. The van der Waals surface area contributed by atoms with Gasteiger partial charge in [0.05, 0.1) is 17.7 Å². The number of hydrogen-bond acceptors (Lipinski definition) is 6. The van der Waals surface area contributed by atoms with Crippen LogP contribution >= 0.6 is 0 Å². The molecule has 24 heavy (non-hydrogen) atoms. The van der Waals surface area contributed by atoms with Gasteiger partial charge < -0.3 is 4.52 Å². The molecule has 0 unspecified atom stereocenters. The van der Waals surface area contributed by atoms with E-state index in [1.54, 1.807) is 0 Å². The van der Waals surface area contributed by atoms with Crippen molar-refractivity contribution >= 4 is 0 Å². The van der Waals surface area contributed by atoms with E-state index in [1.807, 2.05) is 31.2 Å². The molecule has 2 aromatic rings. The Kier molecular flexibility index (Phi) is 5.24. The minimum Gasteiger partial charge on any atom is -0.338 e. The van der Waals surface area contributed by atoms with Crippen LogP contribution in [-0.2, 0) is 13.0 Å². The molecule has 0 N–H and O–H groups in total. The van der Waals surface area contributed by atoms with E-state index in [9.17, 15) is 0 Å². The summed E-state index contributed by atoms with van der Waals surface area (Å²) < 4.78 is 5.37. The summed E-state index contributed by atoms with van der Waals surface area (Å²) in [5.41, 5.74) is 1.96. The third-order valence-corrected chi connectivity index (χ3v) is 4.60. The molecule has 1 saturated heterocycles. The maximum absolute atomic E-state index is 8.86. The molecule has 0 amide bonds. The van der Waals surface area contributed by atoms with Crippen LogP contribution in [0.5, 0.6) is 0 Å². The highest BCUT2D eigenvalue weighted by atomic mass is 16.5. The molecule has 3 rings (SSSR count). The Balaban J connectivity index is 1.52. The van der Waals surface area contributed by atoms with Gasteiger partial charge in [-0.05, 0) is 24.6 Å². The molecule has 1 aromatic heterocycles. The maximum atomic E-state index is 8.86. The van der Waals surface area contributed by atoms with Gasteiger partial charge in [0, 0.05) is 39.1 Å². The molecule has 0 radical (unpaired) electrons. The second kappa shape index (κ2) is 7.56. The first-order valence-electron chi connectivity index (χ1n) is 8.47. The molecule has 0 bridgehead atoms. The predicted molar refractivity (Wildman–Crippen MR) is 90.1 cm³/mol. The lowest BCUT2D eigenvalue weighted by Crippen LogP contribution is -2.46. The summed E-state index contributed by atoms with van der Waals surface area (Å²) >= 11 is 0. The van der Waals surface area contributed by atoms with Crippen LogP contribution in [-0.4, -0.2) is 46.1 Å². The number of nitriles is 1. The van der Waals surface area contributed by atoms with Crippen molar-refractivity contribution in [1.29, 1.82) is 5.26 Å². The summed E-state index contributed by atoms with van der Waals surface area (Å²) in [7, 11) is 0. The van der Waals surface area contributed by atoms with E-state index >= 15 is 0 Å². The lowest BCUT2D eigenvalue weighted by molar-refractivity contribution is 0.0845. The molecule has 0 spiro atoms. The monoisotopic (exact) mass is 325 g/mol. The number of rotatable bonds is 5. The molecule has 0 aliphatic carbocycles. The number of nitrogens with zero attached hydrogens (tertiary/aromatic N) is 5. The normalized spacial score (nSPS) is 17.5. The highest BCUT2D eigenvalue weighted by molar-refractivity contribution is 5.31. The zero-order valence-corrected chi connectivity index (χ0v) is 14.3. The molecule has 1 aliphatic heterocycles. The maximum Gasteiger partial charge on any atom is 0.243 e. The molecule has 2 heterocycles. The van der Waals surface area contributed by atoms with Gasteiger partial charge in [0.15, 0.2) is 5.82 Å². The molecule has 1 atom stereocenters. The minimum absolute atomic E-state index is 0.162. The van der Waals surface area contributed by atoms with Gasteiger partial charge in [-0.15, -0.1) is 0 Å². The molecule has 0 saturated carbocycles. The number of aromatic nitrogens is 2. The fourth-order valence-corrected chi connectivity index (χ4v) is 2.99. The van der Waals surface area contributed by atoms with Crippen LogP contribution in [0.25, 0.3) is 0 Å². The van der Waals surface area contributed by atoms with E-state index < -0.39 is 0 Å². The molecule has 1 aromatic carbocycles. The standard InChI is InChI=1S/C18H23N5O/c1-3-17-20-18(24-21-17)14(2)23-10-8-22(9-11-23)13-16-6-4-15(12-19)5-7-16/h4-7,14H,3,8-11,13H2,1-2H3/t14-/m0/s1. The Hall–Kier alpha value is -2.23. The number of benzene rings is 1. The van der Waals surface area contributed by atoms with Crippen molar-refractivity contribution < 1.29 is 4.52 Å². The highest BCUT2D eigenvalue weighted by Crippen LogP contribution is 2.21. The Morgan fingerprint density at radius 1 is 1.21 bits per heavy atom. The third-order valence-electron chi connectivity index (χ3n) is 4.60. The van der Waals surface area contributed by atoms with Crippen molar-refractivity contribution in [2.45, 2.75) is 32.9 Å². The Bertz CT molecular complexity index is 695. The van der Waals surface area contributed by atoms with Gasteiger partial charge in [0.25, 0.3) is 0 Å². The Morgan fingerprint density at radius 2 is 1.92 bits per heavy atom. The van der Waals surface area contributed by atoms with Crippen molar-refractivity contribution in [2.24, 2.45) is 0 Å². The van der Waals surface area contributed by atoms with Gasteiger partial charge in [-0.25, -0.2) is 0 Å². The zero-order valence-electron chi connectivity index (χ0n) is 14.3. The van der Waals surface area contributed by atoms with E-state index in [2.05, 4.69) is 32.9 Å². The third kappa shape index (κ3) is 3.81. The minimum atomic E-state index is 0.162. The van der Waals surface area contributed by atoms with Crippen molar-refractivity contribution in [3.63, 3.8) is 0 Å². The quantitative estimate of drug-likeness (QED) is 0.841. The Morgan fingerprint density at radius 3 is 2.50 bits per heavy atom. The number of aryl methyl sites for hydroxylation is 1. The second-order valence-electron chi connectivity index (χ2n) is 6.20. The lowest BCUT2D eigenvalue weighted by Gasteiger charge is -2.36. The van der Waals surface area contributed by atoms with Crippen LogP contribution in [0.4, 0.5) is 0 Å². The van der Waals surface area contributed by atoms with E-state index in [0.717, 1.165) is 45.0 Å². The molecular weight excluding hydrogens is 302 g/mol. The smallest absolute Gasteiger partial charge is 0.243 e. The van der Waals surface area contributed by atoms with E-state index in [0.29, 0.717) is 11.5 Å². The molecule has 6 heteroatoms. The first-order valence-corrected chi connectivity index (χ1v) is 8.47. The van der Waals surface area contributed by atoms with E-state index in [-0.39, 0.29) is 6.04 Å². The average molecular weight is 325 g/mol. The van der Waals surface area contributed by atoms with E-state index in [1.165, 1.54) is 5.56 Å². The summed E-state index contributed by atoms with van der Waals surface area (Å²) in [4.78, 5) is 9.28. The van der Waals surface area contributed by atoms with Crippen LogP contribution in [0.2, 0.25) is 0 Å². The van der Waals surface area contributed by atoms with Gasteiger partial charge in [0.2, 0.25) is 5.89 Å². The zero-order chi connectivity index (χ0) is 16.9. The molecule has 1 fully saturated rings. The van der Waals surface area contributed by atoms with Gasteiger partial charge in [0.1, 0.15) is 0 Å². The van der Waals surface area contributed by atoms with Crippen LogP contribution in [0.1, 0.15) is 42.7 Å². The average Bonchev–Trinajstić information content (AvgIpc) is 3.11. The summed E-state index contributed by atoms with van der Waals surface area (Å²) in [6, 6.07) is 10.2. The second-order valence-corrected chi connectivity index (χ2v) is 6.20. The van der Waals surface area contributed by atoms with Gasteiger partial charge in [-0.1, -0.05) is 24.2 Å². The summed E-state index contributed by atoms with van der Waals surface area (Å²) in [6.45, 7) is 9.08. The SMILES string of the molecule is CCc1noc([C@H](C)N2CCN(Cc3ccc(C#N)cc3)CC2)n1. The molecular formula is C18H23N5O. The van der Waals surface area contributed by atoms with Crippen molar-refractivity contribution in [2.75, 3.05) is 26.2 Å². The topological polar surface area (TPSA) is 69.2 Å². The first kappa shape index (κ1) is 16.6. The van der Waals surface area contributed by atoms with E-state index in [4.69, 9.17) is 9.78 Å². The van der Waals surface area contributed by atoms with Crippen molar-refractivity contribution in [3.8, 4) is 6.07 Å². The number of hydrogen-bond donors (Lipinski definition) is 0. The van der Waals surface area contributed by atoms with Crippen LogP contribution in [0.3, 0.4) is 0 Å². The highest BCUT2D eigenvalue weighted by Gasteiger charge is 2.25. The molecule has 6 nitrogen and oxygen atoms in total. The fourth-order valence-electron chi connectivity index (χ4n) is 2.99. The van der Waals surface area contributed by atoms with Crippen LogP contribution in [0.15, 0.2) is 28.8 Å². The van der Waals surface area contributed by atoms with Crippen LogP contribution in [0, 0.1) is 11.3 Å². The summed E-state index contributed by atoms with van der Waals surface area (Å²) in [5.74, 6) is 1.49. The Labute approximate surface area is 142 Å². The van der Waals surface area contributed by atoms with Crippen molar-refractivity contribution in [3.05, 3.63) is 47.1 Å². The molecule has 1 aliphatic rings. The van der Waals surface area contributed by atoms with Gasteiger partial charge in [-0.3, -0.25) is 9.80 Å². The van der Waals surface area contributed by atoms with Crippen molar-refractivity contribution in [1.82, 2.24) is 19.9 Å². The summed E-state index contributed by atoms with van der Waals surface area (Å²) in [6.07, 6.45) is 0.800. The number of piperazine rings is 1. The van der Waals surface area contributed by atoms with Gasteiger partial charge >= 0.3 is 0 Å². The predicted octanol–water partition coefficient (Wildman–Crippen LogP) is 2.38. The van der Waals surface area contributed by atoms with Crippen LogP contribution < -0.4 is 0 Å². The molecule has 126 valence electrons. The summed E-state index contributed by atoms with van der Waals surface area (Å²) in [5, 5.41) is 12.8. The fraction of sp³-hybridized carbons (Fsp3) is 0.500.